The highest BCUT2D eigenvalue weighted by Crippen LogP contribution is 2.54. The maximum Gasteiger partial charge on any atom is 0.316 e. The molecule has 3 N–H and O–H groups in total. The summed E-state index contributed by atoms with van der Waals surface area (Å²) in [7, 11) is 4.83. The van der Waals surface area contributed by atoms with Crippen molar-refractivity contribution in [2.75, 3.05) is 21.2 Å². The lowest BCUT2D eigenvalue weighted by Gasteiger charge is -2.48. The van der Waals surface area contributed by atoms with Crippen molar-refractivity contribution in [2.45, 2.75) is 159 Å². The molecule has 0 spiro atoms. The highest BCUT2D eigenvalue weighted by molar-refractivity contribution is 6.30. The van der Waals surface area contributed by atoms with Crippen molar-refractivity contribution in [3.63, 3.8) is 0 Å². The smallest absolute Gasteiger partial charge is 0.316 e. The molecule has 13 unspecified atom stereocenters. The maximum absolute atomic E-state index is 14.3. The van der Waals surface area contributed by atoms with E-state index in [4.69, 9.17) is 42.6 Å². The van der Waals surface area contributed by atoms with Crippen LogP contribution in [0.4, 0.5) is 0 Å². The van der Waals surface area contributed by atoms with E-state index in [1.807, 2.05) is 19.0 Å². The van der Waals surface area contributed by atoms with Crippen LogP contribution in [0.15, 0.2) is 18.2 Å². The van der Waals surface area contributed by atoms with Gasteiger partial charge >= 0.3 is 17.9 Å². The Morgan fingerprint density at radius 1 is 0.831 bits per heavy atom. The monoisotopic (exact) mass is 911 g/mol. The first-order valence-electron chi connectivity index (χ1n) is 21.8. The lowest BCUT2D eigenvalue weighted by Crippen LogP contribution is -2.58. The van der Waals surface area contributed by atoms with E-state index in [0.717, 1.165) is 26.2 Å². The molecule has 3 fully saturated rings. The largest absolute Gasteiger partial charge is 0.508 e. The van der Waals surface area contributed by atoms with Gasteiger partial charge in [0.05, 0.1) is 42.1 Å². The van der Waals surface area contributed by atoms with Crippen LogP contribution in [0, 0.1) is 0 Å². The van der Waals surface area contributed by atoms with Gasteiger partial charge in [0.2, 0.25) is 5.78 Å². The van der Waals surface area contributed by atoms with Crippen LogP contribution in [-0.4, -0.2) is 144 Å². The number of hydrogen-bond acceptors (Lipinski definition) is 19. The van der Waals surface area contributed by atoms with Gasteiger partial charge < -0.3 is 62.9 Å². The predicted molar refractivity (Wildman–Crippen MR) is 222 cm³/mol. The summed E-state index contributed by atoms with van der Waals surface area (Å²) in [5.41, 5.74) is -3.34. The third-order valence-corrected chi connectivity index (χ3v) is 13.0. The summed E-state index contributed by atoms with van der Waals surface area (Å²) < 4.78 is 54.2. The van der Waals surface area contributed by atoms with Gasteiger partial charge in [0.25, 0.3) is 0 Å². The summed E-state index contributed by atoms with van der Waals surface area (Å²) in [6, 6.07) is 2.90. The molecule has 0 aromatic heterocycles. The van der Waals surface area contributed by atoms with Crippen LogP contribution in [0.5, 0.6) is 17.2 Å². The van der Waals surface area contributed by atoms with E-state index in [0.29, 0.717) is 12.8 Å². The summed E-state index contributed by atoms with van der Waals surface area (Å²) in [4.78, 5) is 80.3. The first kappa shape index (κ1) is 48.1. The van der Waals surface area contributed by atoms with Gasteiger partial charge in [0.1, 0.15) is 47.6 Å². The Labute approximate surface area is 375 Å². The number of aliphatic hydroxyl groups is 1. The molecule has 0 bridgehead atoms. The molecule has 19 heteroatoms. The summed E-state index contributed by atoms with van der Waals surface area (Å²) in [5, 5.41) is 34.9. The topological polar surface area (TPSA) is 249 Å². The van der Waals surface area contributed by atoms with Gasteiger partial charge in [-0.05, 0) is 59.0 Å². The molecule has 7 rings (SSSR count). The highest BCUT2D eigenvalue weighted by atomic mass is 16.7. The van der Waals surface area contributed by atoms with Crippen molar-refractivity contribution in [1.29, 1.82) is 0 Å². The molecule has 2 aliphatic carbocycles. The lowest BCUT2D eigenvalue weighted by atomic mass is 9.67. The SMILES string of the molecule is CCC1(O)CC(OC2CC(N(C)C)C(OC3CC(OC(C)=O)C(OC4CCC(=O)C(C)O4)C(C)O3)C(C)O2)c2c(cc3c(c2O)C(=O)c2c(OC(C)=O)cc(O)cc2C3=O)C1C(=O)OC. The second kappa shape index (κ2) is 18.8. The molecule has 13 atom stereocenters. The van der Waals surface area contributed by atoms with E-state index in [-0.39, 0.29) is 59.3 Å². The van der Waals surface area contributed by atoms with Gasteiger partial charge in [-0.1, -0.05) is 6.92 Å². The molecular weight excluding hydrogens is 854 g/mol. The van der Waals surface area contributed by atoms with Gasteiger partial charge in [0.15, 0.2) is 30.4 Å². The number of phenolic OH excluding ortho intramolecular Hbond substituents is 2. The fraction of sp³-hybridized carbons (Fsp3) is 0.609. The van der Waals surface area contributed by atoms with Gasteiger partial charge in [-0.15, -0.1) is 0 Å². The lowest BCUT2D eigenvalue weighted by molar-refractivity contribution is -0.325. The number of carbonyl (C=O) groups is 6. The number of aromatic hydroxyl groups is 2. The molecule has 0 saturated carbocycles. The van der Waals surface area contributed by atoms with Crippen molar-refractivity contribution in [2.24, 2.45) is 0 Å². The minimum atomic E-state index is -1.84. The third kappa shape index (κ3) is 9.29. The van der Waals surface area contributed by atoms with Gasteiger partial charge in [0, 0.05) is 74.8 Å². The molecule has 0 radical (unpaired) electrons. The normalized spacial score (nSPS) is 33.4. The van der Waals surface area contributed by atoms with Gasteiger partial charge in [-0.3, -0.25) is 28.8 Å². The number of likely N-dealkylation sites (N-methyl/N-ethyl adjacent to an activating group) is 1. The first-order chi connectivity index (χ1) is 30.7. The van der Waals surface area contributed by atoms with Gasteiger partial charge in [-0.25, -0.2) is 0 Å². The average molecular weight is 912 g/mol. The van der Waals surface area contributed by atoms with Gasteiger partial charge in [-0.2, -0.15) is 0 Å². The molecule has 2 aromatic rings. The van der Waals surface area contributed by atoms with Crippen molar-refractivity contribution in [3.8, 4) is 17.2 Å². The van der Waals surface area contributed by atoms with Crippen LogP contribution in [0.3, 0.4) is 0 Å². The van der Waals surface area contributed by atoms with E-state index in [9.17, 15) is 44.1 Å². The second-order valence-corrected chi connectivity index (χ2v) is 17.6. The molecule has 65 heavy (non-hydrogen) atoms. The number of esters is 3. The van der Waals surface area contributed by atoms with Crippen molar-refractivity contribution >= 4 is 35.3 Å². The molecule has 2 aromatic carbocycles. The van der Waals surface area contributed by atoms with Crippen molar-refractivity contribution < 1.29 is 86.7 Å². The number of fused-ring (bicyclic) bond motifs is 3. The highest BCUT2D eigenvalue weighted by Gasteiger charge is 2.54. The van der Waals surface area contributed by atoms with E-state index in [1.54, 1.807) is 27.7 Å². The Bertz CT molecular complexity index is 2240. The number of phenols is 2. The van der Waals surface area contributed by atoms with E-state index < -0.39 is 131 Å². The zero-order chi connectivity index (χ0) is 47.4. The van der Waals surface area contributed by atoms with Crippen LogP contribution >= 0.6 is 0 Å². The maximum atomic E-state index is 14.3. The van der Waals surface area contributed by atoms with Crippen molar-refractivity contribution in [3.05, 3.63) is 51.6 Å². The predicted octanol–water partition coefficient (Wildman–Crippen LogP) is 3.65. The Hall–Kier alpha value is -4.86. The number of ether oxygens (including phenoxy) is 9. The number of ketones is 3. The summed E-state index contributed by atoms with van der Waals surface area (Å²) in [6.07, 6.45) is -7.28. The summed E-state index contributed by atoms with van der Waals surface area (Å²) in [6.45, 7) is 9.24. The molecule has 0 amide bonds. The standard InChI is InChI=1S/C46H57NO18/c1-10-46(56)18-32(36-25(39(46)45(55)57-9)15-27-38(41(36)53)42(54)37-26(40(27)52)13-24(50)14-30(37)61-22(5)48)63-34-16-28(47(7)8)43(20(3)59-34)65-35-17-31(62-23(6)49)44(21(4)60-35)64-33-12-11-29(51)19(2)58-33/h13-15,19-21,28,31-35,39,43-44,50,53,56H,10-12,16-18H2,1-9H3. The fourth-order valence-corrected chi connectivity index (χ4v) is 9.86. The number of Topliss-reactive ketones (excluding diaryl/α,β-unsaturated/α-hetero) is 1. The molecule has 19 nitrogen and oxygen atoms in total. The van der Waals surface area contributed by atoms with E-state index in [1.165, 1.54) is 13.0 Å². The molecule has 3 heterocycles. The Morgan fingerprint density at radius 2 is 1.48 bits per heavy atom. The fourth-order valence-electron chi connectivity index (χ4n) is 9.86. The second-order valence-electron chi connectivity index (χ2n) is 17.6. The molecule has 354 valence electrons. The number of benzene rings is 2. The first-order valence-corrected chi connectivity index (χ1v) is 21.8. The van der Waals surface area contributed by atoms with Crippen LogP contribution in [0.2, 0.25) is 0 Å². The number of nitrogens with zero attached hydrogens (tertiary/aromatic N) is 1. The number of methoxy groups -OCH3 is 1. The minimum absolute atomic E-state index is 0.00390. The quantitative estimate of drug-likeness (QED) is 0.183. The van der Waals surface area contributed by atoms with Crippen LogP contribution in [0.25, 0.3) is 0 Å². The Balaban J connectivity index is 1.17. The van der Waals surface area contributed by atoms with E-state index >= 15 is 0 Å². The van der Waals surface area contributed by atoms with Crippen LogP contribution < -0.4 is 4.74 Å². The molecule has 5 aliphatic rings. The van der Waals surface area contributed by atoms with Crippen LogP contribution in [-0.2, 0) is 57.1 Å². The van der Waals surface area contributed by atoms with E-state index in [2.05, 4.69) is 0 Å². The Kier molecular flexibility index (Phi) is 13.9. The average Bonchev–Trinajstić information content (AvgIpc) is 3.22. The number of rotatable bonds is 11. The Morgan fingerprint density at radius 3 is 2.09 bits per heavy atom. The van der Waals surface area contributed by atoms with Crippen LogP contribution in [0.1, 0.15) is 135 Å². The molecular formula is C46H57NO18. The van der Waals surface area contributed by atoms with Crippen molar-refractivity contribution in [1.82, 2.24) is 4.90 Å². The number of carbonyl (C=O) groups excluding carboxylic acids is 6. The molecule has 3 saturated heterocycles. The zero-order valence-electron chi connectivity index (χ0n) is 37.8. The zero-order valence-corrected chi connectivity index (χ0v) is 37.8. The molecule has 3 aliphatic heterocycles. The number of hydrogen-bond donors (Lipinski definition) is 3. The summed E-state index contributed by atoms with van der Waals surface area (Å²) in [5.74, 6) is -6.95. The third-order valence-electron chi connectivity index (χ3n) is 13.0. The minimum Gasteiger partial charge on any atom is -0.508 e. The summed E-state index contributed by atoms with van der Waals surface area (Å²) >= 11 is 0.